The molecule has 0 aromatic carbocycles. The van der Waals surface area contributed by atoms with E-state index >= 15 is 0 Å². The number of imidazole rings is 1. The van der Waals surface area contributed by atoms with Crippen LogP contribution in [-0.2, 0) is 14.8 Å². The van der Waals surface area contributed by atoms with Crippen molar-refractivity contribution >= 4 is 21.5 Å². The quantitative estimate of drug-likeness (QED) is 0.799. The first kappa shape index (κ1) is 12.5. The lowest BCUT2D eigenvalue weighted by Gasteiger charge is -1.99. The zero-order valence-electron chi connectivity index (χ0n) is 9.53. The first-order valence-electron chi connectivity index (χ1n) is 5.12. The molecule has 0 aliphatic heterocycles. The van der Waals surface area contributed by atoms with Gasteiger partial charge in [0.05, 0.1) is 12.1 Å². The Balaban J connectivity index is 2.73. The minimum Gasteiger partial charge on any atom is -0.460 e. The summed E-state index contributed by atoms with van der Waals surface area (Å²) < 4.78 is 28.9. The molecular weight excluding hydrogens is 258 g/mol. The Morgan fingerprint density at radius 1 is 1.50 bits per heavy atom. The first-order chi connectivity index (χ1) is 8.45. The number of ether oxygens (including phenoxy) is 1. The molecule has 0 atom stereocenters. The van der Waals surface area contributed by atoms with Crippen LogP contribution >= 0.6 is 0 Å². The van der Waals surface area contributed by atoms with Crippen molar-refractivity contribution in [2.75, 3.05) is 6.61 Å². The van der Waals surface area contributed by atoms with Crippen molar-refractivity contribution in [2.45, 2.75) is 11.9 Å². The number of carbonyl (C=O) groups is 1. The number of nitrogens with zero attached hydrogens (tertiary/aromatic N) is 2. The van der Waals surface area contributed by atoms with Gasteiger partial charge in [-0.2, -0.15) is 0 Å². The molecule has 0 radical (unpaired) electrons. The van der Waals surface area contributed by atoms with E-state index in [2.05, 4.69) is 4.98 Å². The number of pyridine rings is 1. The van der Waals surface area contributed by atoms with E-state index in [1.165, 1.54) is 16.7 Å². The number of fused-ring (bicyclic) bond motifs is 1. The van der Waals surface area contributed by atoms with Gasteiger partial charge in [0.15, 0.2) is 5.03 Å². The van der Waals surface area contributed by atoms with Crippen LogP contribution in [0.3, 0.4) is 0 Å². The Bertz CT molecular complexity index is 705. The largest absolute Gasteiger partial charge is 0.460 e. The van der Waals surface area contributed by atoms with Gasteiger partial charge in [0, 0.05) is 6.20 Å². The van der Waals surface area contributed by atoms with Gasteiger partial charge < -0.3 is 4.74 Å². The fourth-order valence-electron chi connectivity index (χ4n) is 1.56. The van der Waals surface area contributed by atoms with Gasteiger partial charge in [0.25, 0.3) is 10.0 Å². The third-order valence-corrected chi connectivity index (χ3v) is 3.08. The van der Waals surface area contributed by atoms with E-state index in [0.29, 0.717) is 0 Å². The van der Waals surface area contributed by atoms with Crippen molar-refractivity contribution in [3.63, 3.8) is 0 Å². The summed E-state index contributed by atoms with van der Waals surface area (Å²) in [6.07, 6.45) is 1.52. The molecule has 0 saturated carbocycles. The van der Waals surface area contributed by atoms with E-state index < -0.39 is 16.0 Å². The first-order valence-corrected chi connectivity index (χ1v) is 6.66. The molecule has 0 bridgehead atoms. The summed E-state index contributed by atoms with van der Waals surface area (Å²) in [6, 6.07) is 4.78. The predicted molar refractivity (Wildman–Crippen MR) is 62.5 cm³/mol. The van der Waals surface area contributed by atoms with Crippen LogP contribution in [-0.4, -0.2) is 30.4 Å². The molecule has 8 heteroatoms. The van der Waals surface area contributed by atoms with E-state index in [-0.39, 0.29) is 23.0 Å². The van der Waals surface area contributed by atoms with E-state index in [4.69, 9.17) is 9.88 Å². The van der Waals surface area contributed by atoms with Crippen LogP contribution in [0.25, 0.3) is 5.52 Å². The van der Waals surface area contributed by atoms with E-state index in [1.54, 1.807) is 19.1 Å². The molecule has 96 valence electrons. The van der Waals surface area contributed by atoms with Gasteiger partial charge in [-0.15, -0.1) is 0 Å². The molecule has 0 saturated heterocycles. The Hall–Kier alpha value is -1.93. The van der Waals surface area contributed by atoms with E-state index in [1.807, 2.05) is 0 Å². The maximum absolute atomic E-state index is 11.7. The van der Waals surface area contributed by atoms with Crippen LogP contribution in [0, 0.1) is 0 Å². The summed E-state index contributed by atoms with van der Waals surface area (Å²) in [5.41, 5.74) is 0.239. The summed E-state index contributed by atoms with van der Waals surface area (Å²) in [4.78, 5) is 15.4. The van der Waals surface area contributed by atoms with Crippen LogP contribution < -0.4 is 5.14 Å². The van der Waals surface area contributed by atoms with E-state index in [9.17, 15) is 13.2 Å². The van der Waals surface area contributed by atoms with Crippen molar-refractivity contribution in [1.82, 2.24) is 9.38 Å². The molecule has 0 aliphatic carbocycles. The van der Waals surface area contributed by atoms with Crippen molar-refractivity contribution < 1.29 is 17.9 Å². The van der Waals surface area contributed by atoms with Crippen LogP contribution in [0.2, 0.25) is 0 Å². The predicted octanol–water partition coefficient (Wildman–Crippen LogP) is 0.158. The van der Waals surface area contributed by atoms with Crippen LogP contribution in [0.4, 0.5) is 0 Å². The van der Waals surface area contributed by atoms with Gasteiger partial charge in [0.2, 0.25) is 5.82 Å². The summed E-state index contributed by atoms with van der Waals surface area (Å²) in [7, 11) is -4.00. The summed E-state index contributed by atoms with van der Waals surface area (Å²) in [5, 5.41) is 4.71. The lowest BCUT2D eigenvalue weighted by atomic mass is 10.4. The summed E-state index contributed by atoms with van der Waals surface area (Å²) in [5.74, 6) is -0.815. The lowest BCUT2D eigenvalue weighted by Crippen LogP contribution is -2.13. The van der Waals surface area contributed by atoms with Gasteiger partial charge in [-0.1, -0.05) is 6.07 Å². The Labute approximate surface area is 103 Å². The fourth-order valence-corrected chi connectivity index (χ4v) is 2.23. The van der Waals surface area contributed by atoms with Crippen molar-refractivity contribution in [2.24, 2.45) is 5.14 Å². The minimum atomic E-state index is -4.00. The Morgan fingerprint density at radius 3 is 2.83 bits per heavy atom. The summed E-state index contributed by atoms with van der Waals surface area (Å²) in [6.45, 7) is 1.82. The standard InChI is InChI=1S/C10H11N3O4S/c1-2-17-10(14)8-12-9(18(11,15)16)7-5-3-4-6-13(7)8/h3-6H,2H2,1H3,(H2,11,15,16). The zero-order valence-corrected chi connectivity index (χ0v) is 10.3. The van der Waals surface area contributed by atoms with Crippen molar-refractivity contribution in [3.05, 3.63) is 30.2 Å². The number of primary sulfonamides is 1. The number of hydrogen-bond donors (Lipinski definition) is 1. The number of rotatable bonds is 3. The normalized spacial score (nSPS) is 11.7. The lowest BCUT2D eigenvalue weighted by molar-refractivity contribution is 0.0511. The summed E-state index contributed by atoms with van der Waals surface area (Å²) >= 11 is 0. The van der Waals surface area contributed by atoms with Crippen LogP contribution in [0.1, 0.15) is 17.5 Å². The highest BCUT2D eigenvalue weighted by molar-refractivity contribution is 7.89. The highest BCUT2D eigenvalue weighted by atomic mass is 32.2. The number of aromatic nitrogens is 2. The topological polar surface area (TPSA) is 104 Å². The van der Waals surface area contributed by atoms with Gasteiger partial charge in [0.1, 0.15) is 0 Å². The molecule has 0 fully saturated rings. The SMILES string of the molecule is CCOC(=O)c1nc(S(N)(=O)=O)c2ccccn12. The smallest absolute Gasteiger partial charge is 0.374 e. The molecule has 7 nitrogen and oxygen atoms in total. The number of nitrogens with two attached hydrogens (primary N) is 1. The number of sulfonamides is 1. The molecule has 2 rings (SSSR count). The van der Waals surface area contributed by atoms with Gasteiger partial charge in [-0.3, -0.25) is 4.40 Å². The van der Waals surface area contributed by atoms with Crippen LogP contribution in [0.15, 0.2) is 29.4 Å². The molecule has 2 N–H and O–H groups in total. The molecule has 0 spiro atoms. The van der Waals surface area contributed by atoms with Crippen molar-refractivity contribution in [3.8, 4) is 0 Å². The molecular formula is C10H11N3O4S. The molecule has 0 unspecified atom stereocenters. The maximum atomic E-state index is 11.7. The molecule has 2 aromatic heterocycles. The second-order valence-corrected chi connectivity index (χ2v) is 4.94. The molecule has 2 aromatic rings. The van der Waals surface area contributed by atoms with Crippen molar-refractivity contribution in [1.29, 1.82) is 0 Å². The fraction of sp³-hybridized carbons (Fsp3) is 0.200. The maximum Gasteiger partial charge on any atom is 0.374 e. The average molecular weight is 269 g/mol. The average Bonchev–Trinajstić information content (AvgIpc) is 2.68. The monoisotopic (exact) mass is 269 g/mol. The number of esters is 1. The highest BCUT2D eigenvalue weighted by Gasteiger charge is 2.23. The molecule has 0 amide bonds. The van der Waals surface area contributed by atoms with E-state index in [0.717, 1.165) is 0 Å². The van der Waals surface area contributed by atoms with Gasteiger partial charge in [-0.25, -0.2) is 23.3 Å². The number of carbonyl (C=O) groups excluding carboxylic acids is 1. The Kier molecular flexibility index (Phi) is 3.05. The third-order valence-electron chi connectivity index (χ3n) is 2.24. The second kappa shape index (κ2) is 4.39. The number of hydrogen-bond acceptors (Lipinski definition) is 5. The van der Waals surface area contributed by atoms with Crippen LogP contribution in [0.5, 0.6) is 0 Å². The zero-order chi connectivity index (χ0) is 13.3. The molecule has 18 heavy (non-hydrogen) atoms. The van der Waals surface area contributed by atoms with Gasteiger partial charge in [-0.05, 0) is 19.1 Å². The molecule has 2 heterocycles. The second-order valence-electron chi connectivity index (χ2n) is 3.46. The minimum absolute atomic E-state index is 0.114. The molecule has 0 aliphatic rings. The highest BCUT2D eigenvalue weighted by Crippen LogP contribution is 2.17. The Morgan fingerprint density at radius 2 is 2.22 bits per heavy atom. The van der Waals surface area contributed by atoms with Gasteiger partial charge >= 0.3 is 5.97 Å². The third kappa shape index (κ3) is 2.07.